The monoisotopic (exact) mass is 317 g/mol. The number of imidazole rings is 1. The zero-order chi connectivity index (χ0) is 15.9. The number of benzene rings is 1. The molecule has 0 aliphatic rings. The van der Waals surface area contributed by atoms with Crippen LogP contribution in [0.15, 0.2) is 36.5 Å². The lowest BCUT2D eigenvalue weighted by Gasteiger charge is -2.12. The maximum Gasteiger partial charge on any atom is 0.109 e. The minimum Gasteiger partial charge on any atom is -0.545 e. The molecule has 0 saturated carbocycles. The molecule has 0 fully saturated rings. The normalized spacial score (nSPS) is 11.2. The third-order valence-electron chi connectivity index (χ3n) is 3.40. The van der Waals surface area contributed by atoms with Gasteiger partial charge in [0.15, 0.2) is 0 Å². The zero-order valence-electron chi connectivity index (χ0n) is 12.5. The number of hydrogen-bond donors (Lipinski definition) is 0. The summed E-state index contributed by atoms with van der Waals surface area (Å²) in [5, 5.41) is 11.3. The van der Waals surface area contributed by atoms with E-state index in [0.717, 1.165) is 42.4 Å². The van der Waals surface area contributed by atoms with Gasteiger partial charge in [0.1, 0.15) is 5.82 Å². The molecule has 4 nitrogen and oxygen atoms in total. The molecule has 1 aromatic carbocycles. The number of carbonyl (C=O) groups excluding carboxylic acids is 1. The molecule has 1 aromatic heterocycles. The number of carbonyl (C=O) groups is 1. The largest absolute Gasteiger partial charge is 0.545 e. The standard InChI is InChI=1S/C17H19ClN2O2/c1-2-3-8-16-19-11-14(9-10-17(21)22)20(16)12-13-6-4-5-7-15(13)18/h4-7,9-11H,2-3,8,12H2,1H3,(H,21,22)/p-1/b10-9+. The highest BCUT2D eigenvalue weighted by Crippen LogP contribution is 2.19. The average molecular weight is 318 g/mol. The molecular formula is C17H18ClN2O2-. The zero-order valence-corrected chi connectivity index (χ0v) is 13.2. The first kappa shape index (κ1) is 16.3. The summed E-state index contributed by atoms with van der Waals surface area (Å²) in [5.41, 5.74) is 1.71. The Morgan fingerprint density at radius 3 is 2.86 bits per heavy atom. The van der Waals surface area contributed by atoms with Gasteiger partial charge >= 0.3 is 0 Å². The second-order valence-electron chi connectivity index (χ2n) is 5.03. The molecule has 0 N–H and O–H groups in total. The summed E-state index contributed by atoms with van der Waals surface area (Å²) < 4.78 is 2.00. The van der Waals surface area contributed by atoms with E-state index in [9.17, 15) is 9.90 Å². The third kappa shape index (κ3) is 4.21. The molecule has 0 spiro atoms. The number of nitrogens with zero attached hydrogens (tertiary/aromatic N) is 2. The fraction of sp³-hybridized carbons (Fsp3) is 0.294. The van der Waals surface area contributed by atoms with Gasteiger partial charge in [0.05, 0.1) is 24.4 Å². The van der Waals surface area contributed by atoms with Gasteiger partial charge in [-0.2, -0.15) is 0 Å². The van der Waals surface area contributed by atoms with Gasteiger partial charge in [0.25, 0.3) is 0 Å². The lowest BCUT2D eigenvalue weighted by Crippen LogP contribution is -2.18. The number of unbranched alkanes of at least 4 members (excludes halogenated alkanes) is 1. The van der Waals surface area contributed by atoms with Crippen molar-refractivity contribution >= 4 is 23.6 Å². The van der Waals surface area contributed by atoms with Gasteiger partial charge in [-0.1, -0.05) is 43.1 Å². The fourth-order valence-corrected chi connectivity index (χ4v) is 2.42. The summed E-state index contributed by atoms with van der Waals surface area (Å²) in [5.74, 6) is -0.291. The lowest BCUT2D eigenvalue weighted by molar-refractivity contribution is -0.297. The molecule has 0 aliphatic carbocycles. The van der Waals surface area contributed by atoms with Crippen molar-refractivity contribution in [3.8, 4) is 0 Å². The summed E-state index contributed by atoms with van der Waals surface area (Å²) >= 11 is 6.22. The Balaban J connectivity index is 2.34. The fourth-order valence-electron chi connectivity index (χ4n) is 2.23. The predicted molar refractivity (Wildman–Crippen MR) is 85.4 cm³/mol. The van der Waals surface area contributed by atoms with Crippen LogP contribution in [0.3, 0.4) is 0 Å². The van der Waals surface area contributed by atoms with E-state index >= 15 is 0 Å². The molecule has 2 rings (SSSR count). The minimum atomic E-state index is -1.22. The van der Waals surface area contributed by atoms with Gasteiger partial charge in [-0.15, -0.1) is 0 Å². The van der Waals surface area contributed by atoms with Gasteiger partial charge in [-0.25, -0.2) is 4.98 Å². The summed E-state index contributed by atoms with van der Waals surface area (Å²) in [6.07, 6.45) is 7.16. The number of rotatable bonds is 7. The third-order valence-corrected chi connectivity index (χ3v) is 3.77. The van der Waals surface area contributed by atoms with Crippen LogP contribution in [0.5, 0.6) is 0 Å². The van der Waals surface area contributed by atoms with Crippen LogP contribution in [-0.4, -0.2) is 15.5 Å². The van der Waals surface area contributed by atoms with Crippen molar-refractivity contribution in [3.63, 3.8) is 0 Å². The Kier molecular flexibility index (Phi) is 5.78. The van der Waals surface area contributed by atoms with E-state index < -0.39 is 5.97 Å². The van der Waals surface area contributed by atoms with Crippen molar-refractivity contribution in [2.45, 2.75) is 32.7 Å². The quantitative estimate of drug-likeness (QED) is 0.738. The Labute approximate surface area is 135 Å². The van der Waals surface area contributed by atoms with E-state index in [1.165, 1.54) is 6.08 Å². The Morgan fingerprint density at radius 1 is 1.41 bits per heavy atom. The molecule has 22 heavy (non-hydrogen) atoms. The summed E-state index contributed by atoms with van der Waals surface area (Å²) in [4.78, 5) is 15.0. The van der Waals surface area contributed by atoms with Crippen LogP contribution in [-0.2, 0) is 17.8 Å². The van der Waals surface area contributed by atoms with E-state index in [0.29, 0.717) is 11.6 Å². The number of aryl methyl sites for hydroxylation is 1. The molecule has 0 unspecified atom stereocenters. The van der Waals surface area contributed by atoms with E-state index in [2.05, 4.69) is 11.9 Å². The SMILES string of the molecule is CCCCc1ncc(/C=C/C(=O)[O-])n1Cc1ccccc1Cl. The summed E-state index contributed by atoms with van der Waals surface area (Å²) in [6, 6.07) is 7.61. The van der Waals surface area contributed by atoms with Crippen molar-refractivity contribution in [2.24, 2.45) is 0 Å². The van der Waals surface area contributed by atoms with Crippen molar-refractivity contribution in [3.05, 3.63) is 58.6 Å². The number of halogens is 1. The smallest absolute Gasteiger partial charge is 0.109 e. The van der Waals surface area contributed by atoms with Crippen molar-refractivity contribution in [1.82, 2.24) is 9.55 Å². The second-order valence-corrected chi connectivity index (χ2v) is 5.44. The molecule has 0 aliphatic heterocycles. The number of carboxylic acids is 1. The molecule has 2 aromatic rings. The van der Waals surface area contributed by atoms with E-state index in [1.807, 2.05) is 28.8 Å². The lowest BCUT2D eigenvalue weighted by atomic mass is 10.2. The summed E-state index contributed by atoms with van der Waals surface area (Å²) in [6.45, 7) is 2.68. The molecule has 0 amide bonds. The first-order chi connectivity index (χ1) is 10.6. The predicted octanol–water partition coefficient (Wildman–Crippen LogP) is 2.69. The number of aromatic nitrogens is 2. The van der Waals surface area contributed by atoms with E-state index in [-0.39, 0.29) is 0 Å². The van der Waals surface area contributed by atoms with Crippen LogP contribution in [0.4, 0.5) is 0 Å². The molecule has 0 saturated heterocycles. The maximum absolute atomic E-state index is 10.6. The van der Waals surface area contributed by atoms with Crippen molar-refractivity contribution in [2.75, 3.05) is 0 Å². The van der Waals surface area contributed by atoms with Crippen molar-refractivity contribution < 1.29 is 9.90 Å². The first-order valence-electron chi connectivity index (χ1n) is 7.28. The molecule has 5 heteroatoms. The van der Waals surface area contributed by atoms with Gasteiger partial charge < -0.3 is 14.5 Å². The minimum absolute atomic E-state index is 0.561. The van der Waals surface area contributed by atoms with Crippen LogP contribution in [0.1, 0.15) is 36.8 Å². The van der Waals surface area contributed by atoms with Crippen LogP contribution in [0.25, 0.3) is 6.08 Å². The number of hydrogen-bond acceptors (Lipinski definition) is 3. The molecule has 116 valence electrons. The average Bonchev–Trinajstić information content (AvgIpc) is 2.87. The second kappa shape index (κ2) is 7.80. The van der Waals surface area contributed by atoms with E-state index in [4.69, 9.17) is 11.6 Å². The Morgan fingerprint density at radius 2 is 2.18 bits per heavy atom. The van der Waals surface area contributed by atoms with Crippen LogP contribution < -0.4 is 5.11 Å². The topological polar surface area (TPSA) is 57.9 Å². The van der Waals surface area contributed by atoms with Crippen LogP contribution in [0, 0.1) is 0 Å². The highest BCUT2D eigenvalue weighted by atomic mass is 35.5. The highest BCUT2D eigenvalue weighted by molar-refractivity contribution is 6.31. The number of carboxylic acid groups (broad SMARTS) is 1. The van der Waals surface area contributed by atoms with Gasteiger partial charge in [-0.05, 0) is 30.2 Å². The number of aliphatic carboxylic acids is 1. The molecule has 0 atom stereocenters. The van der Waals surface area contributed by atoms with E-state index in [1.54, 1.807) is 6.20 Å². The molecule has 1 heterocycles. The van der Waals surface area contributed by atoms with Crippen molar-refractivity contribution in [1.29, 1.82) is 0 Å². The van der Waals surface area contributed by atoms with Crippen LogP contribution >= 0.6 is 11.6 Å². The maximum atomic E-state index is 10.6. The Bertz CT molecular complexity index is 677. The van der Waals surface area contributed by atoms with Gasteiger partial charge in [0, 0.05) is 11.4 Å². The van der Waals surface area contributed by atoms with Gasteiger partial charge in [0.2, 0.25) is 0 Å². The molecule has 0 bridgehead atoms. The highest BCUT2D eigenvalue weighted by Gasteiger charge is 2.10. The van der Waals surface area contributed by atoms with Gasteiger partial charge in [-0.3, -0.25) is 0 Å². The summed E-state index contributed by atoms with van der Waals surface area (Å²) in [7, 11) is 0. The Hall–Kier alpha value is -2.07. The first-order valence-corrected chi connectivity index (χ1v) is 7.66. The molecule has 0 radical (unpaired) electrons. The van der Waals surface area contributed by atoms with Crippen LogP contribution in [0.2, 0.25) is 5.02 Å². The molecular weight excluding hydrogens is 300 g/mol.